The standard InChI is InChI=1S/C21H28N4O.HI/c1-4-13-23-20(26)19-12-8-11-18(14-19)15-24-21(22-2)25(3)16-17-9-6-5-7-10-17;/h5-12,14H,4,13,15-16H2,1-3H3,(H,22,24)(H,23,26);1H. The molecule has 0 aliphatic carbocycles. The van der Waals surface area contributed by atoms with Gasteiger partial charge in [-0.3, -0.25) is 9.79 Å². The predicted molar refractivity (Wildman–Crippen MR) is 123 cm³/mol. The fraction of sp³-hybridized carbons (Fsp3) is 0.333. The van der Waals surface area contributed by atoms with Gasteiger partial charge in [-0.2, -0.15) is 0 Å². The summed E-state index contributed by atoms with van der Waals surface area (Å²) in [6, 6.07) is 18.0. The van der Waals surface area contributed by atoms with Crippen molar-refractivity contribution < 1.29 is 4.79 Å². The van der Waals surface area contributed by atoms with Crippen LogP contribution in [0.1, 0.15) is 34.8 Å². The van der Waals surface area contributed by atoms with Crippen LogP contribution in [0, 0.1) is 0 Å². The molecular formula is C21H29IN4O. The fourth-order valence-corrected chi connectivity index (χ4v) is 2.66. The molecule has 2 aromatic rings. The molecule has 6 heteroatoms. The normalized spacial score (nSPS) is 10.7. The van der Waals surface area contributed by atoms with Crippen molar-refractivity contribution in [2.24, 2.45) is 4.99 Å². The first-order chi connectivity index (χ1) is 12.6. The van der Waals surface area contributed by atoms with Crippen molar-refractivity contribution in [3.05, 3.63) is 71.3 Å². The minimum absolute atomic E-state index is 0. The molecule has 0 fully saturated rings. The molecule has 2 aromatic carbocycles. The van der Waals surface area contributed by atoms with E-state index in [1.165, 1.54) is 5.56 Å². The highest BCUT2D eigenvalue weighted by Gasteiger charge is 2.08. The molecular weight excluding hydrogens is 451 g/mol. The Kier molecular flexibility index (Phi) is 10.5. The van der Waals surface area contributed by atoms with Gasteiger partial charge in [0.2, 0.25) is 0 Å². The van der Waals surface area contributed by atoms with Gasteiger partial charge in [0, 0.05) is 39.3 Å². The summed E-state index contributed by atoms with van der Waals surface area (Å²) in [5, 5.41) is 6.27. The van der Waals surface area contributed by atoms with Crippen LogP contribution >= 0.6 is 24.0 Å². The highest BCUT2D eigenvalue weighted by Crippen LogP contribution is 2.07. The number of benzene rings is 2. The lowest BCUT2D eigenvalue weighted by Gasteiger charge is -2.22. The van der Waals surface area contributed by atoms with Gasteiger partial charge in [-0.05, 0) is 29.7 Å². The Morgan fingerprint density at radius 2 is 1.74 bits per heavy atom. The number of nitrogens with zero attached hydrogens (tertiary/aromatic N) is 2. The maximum atomic E-state index is 12.1. The zero-order valence-electron chi connectivity index (χ0n) is 16.2. The molecule has 0 unspecified atom stereocenters. The number of carbonyl (C=O) groups is 1. The van der Waals surface area contributed by atoms with E-state index in [9.17, 15) is 4.79 Å². The molecule has 0 aliphatic heterocycles. The minimum Gasteiger partial charge on any atom is -0.352 e. The average Bonchev–Trinajstić information content (AvgIpc) is 2.67. The van der Waals surface area contributed by atoms with E-state index < -0.39 is 0 Å². The molecule has 0 aliphatic rings. The summed E-state index contributed by atoms with van der Waals surface area (Å²) >= 11 is 0. The van der Waals surface area contributed by atoms with E-state index in [0.29, 0.717) is 18.7 Å². The van der Waals surface area contributed by atoms with Crippen LogP contribution in [-0.4, -0.2) is 37.4 Å². The smallest absolute Gasteiger partial charge is 0.251 e. The third-order valence-electron chi connectivity index (χ3n) is 4.01. The molecule has 0 saturated heterocycles. The minimum atomic E-state index is -0.0284. The molecule has 0 aromatic heterocycles. The van der Waals surface area contributed by atoms with Gasteiger partial charge in [0.1, 0.15) is 0 Å². The molecule has 27 heavy (non-hydrogen) atoms. The number of nitrogens with one attached hydrogen (secondary N) is 2. The largest absolute Gasteiger partial charge is 0.352 e. The molecule has 146 valence electrons. The second kappa shape index (κ2) is 12.3. The molecule has 0 heterocycles. The monoisotopic (exact) mass is 480 g/mol. The van der Waals surface area contributed by atoms with Crippen LogP contribution in [0.25, 0.3) is 0 Å². The number of carbonyl (C=O) groups excluding carboxylic acids is 1. The van der Waals surface area contributed by atoms with E-state index in [1.54, 1.807) is 7.05 Å². The van der Waals surface area contributed by atoms with E-state index in [2.05, 4.69) is 32.7 Å². The van der Waals surface area contributed by atoms with Crippen LogP contribution in [0.4, 0.5) is 0 Å². The van der Waals surface area contributed by atoms with Crippen LogP contribution < -0.4 is 10.6 Å². The van der Waals surface area contributed by atoms with Gasteiger partial charge >= 0.3 is 0 Å². The van der Waals surface area contributed by atoms with Crippen molar-refractivity contribution in [2.45, 2.75) is 26.4 Å². The second-order valence-electron chi connectivity index (χ2n) is 6.20. The Hall–Kier alpha value is -2.09. The number of hydrogen-bond acceptors (Lipinski definition) is 2. The molecule has 5 nitrogen and oxygen atoms in total. The molecule has 0 radical (unpaired) electrons. The van der Waals surface area contributed by atoms with Gasteiger partial charge in [-0.1, -0.05) is 49.4 Å². The van der Waals surface area contributed by atoms with Gasteiger partial charge in [-0.25, -0.2) is 0 Å². The number of hydrogen-bond donors (Lipinski definition) is 2. The topological polar surface area (TPSA) is 56.7 Å². The zero-order valence-corrected chi connectivity index (χ0v) is 18.6. The van der Waals surface area contributed by atoms with E-state index in [0.717, 1.165) is 24.5 Å². The zero-order chi connectivity index (χ0) is 18.8. The van der Waals surface area contributed by atoms with Crippen LogP contribution in [0.5, 0.6) is 0 Å². The molecule has 0 bridgehead atoms. The third kappa shape index (κ3) is 7.58. The molecule has 2 N–H and O–H groups in total. The first-order valence-corrected chi connectivity index (χ1v) is 8.97. The highest BCUT2D eigenvalue weighted by atomic mass is 127. The van der Waals surface area contributed by atoms with Gasteiger partial charge in [-0.15, -0.1) is 24.0 Å². The number of halogens is 1. The Labute approximate surface area is 179 Å². The van der Waals surface area contributed by atoms with Crippen molar-refractivity contribution in [1.29, 1.82) is 0 Å². The maximum Gasteiger partial charge on any atom is 0.251 e. The lowest BCUT2D eigenvalue weighted by molar-refractivity contribution is 0.0953. The summed E-state index contributed by atoms with van der Waals surface area (Å²) < 4.78 is 0. The predicted octanol–water partition coefficient (Wildman–Crippen LogP) is 3.65. The summed E-state index contributed by atoms with van der Waals surface area (Å²) in [6.45, 7) is 4.12. The van der Waals surface area contributed by atoms with Gasteiger partial charge < -0.3 is 15.5 Å². The first-order valence-electron chi connectivity index (χ1n) is 8.97. The fourth-order valence-electron chi connectivity index (χ4n) is 2.66. The average molecular weight is 480 g/mol. The Morgan fingerprint density at radius 1 is 1.04 bits per heavy atom. The highest BCUT2D eigenvalue weighted by molar-refractivity contribution is 14.0. The van der Waals surface area contributed by atoms with Gasteiger partial charge in [0.25, 0.3) is 5.91 Å². The number of guanidine groups is 1. The first kappa shape index (κ1) is 23.0. The summed E-state index contributed by atoms with van der Waals surface area (Å²) in [7, 11) is 3.79. The summed E-state index contributed by atoms with van der Waals surface area (Å²) in [5.41, 5.74) is 2.96. The lowest BCUT2D eigenvalue weighted by atomic mass is 10.1. The second-order valence-corrected chi connectivity index (χ2v) is 6.20. The summed E-state index contributed by atoms with van der Waals surface area (Å²) in [5.74, 6) is 0.786. The summed E-state index contributed by atoms with van der Waals surface area (Å²) in [4.78, 5) is 18.5. The quantitative estimate of drug-likeness (QED) is 0.362. The van der Waals surface area contributed by atoms with E-state index in [1.807, 2.05) is 56.4 Å². The maximum absolute atomic E-state index is 12.1. The van der Waals surface area contributed by atoms with Gasteiger partial charge in [0.15, 0.2) is 5.96 Å². The van der Waals surface area contributed by atoms with Crippen LogP contribution in [0.3, 0.4) is 0 Å². The van der Waals surface area contributed by atoms with Crippen LogP contribution in [0.2, 0.25) is 0 Å². The number of aliphatic imine (C=N–C) groups is 1. The molecule has 0 atom stereocenters. The van der Waals surface area contributed by atoms with E-state index >= 15 is 0 Å². The lowest BCUT2D eigenvalue weighted by Crippen LogP contribution is -2.38. The van der Waals surface area contributed by atoms with Crippen molar-refractivity contribution in [1.82, 2.24) is 15.5 Å². The van der Waals surface area contributed by atoms with Crippen molar-refractivity contribution >= 4 is 35.8 Å². The number of amides is 1. The van der Waals surface area contributed by atoms with E-state index in [4.69, 9.17) is 0 Å². The van der Waals surface area contributed by atoms with Crippen molar-refractivity contribution in [3.8, 4) is 0 Å². The van der Waals surface area contributed by atoms with Crippen LogP contribution in [-0.2, 0) is 13.1 Å². The van der Waals surface area contributed by atoms with Gasteiger partial charge in [0.05, 0.1) is 0 Å². The molecule has 1 amide bonds. The molecule has 0 saturated carbocycles. The van der Waals surface area contributed by atoms with Crippen molar-refractivity contribution in [2.75, 3.05) is 20.6 Å². The summed E-state index contributed by atoms with van der Waals surface area (Å²) in [6.07, 6.45) is 0.928. The van der Waals surface area contributed by atoms with Crippen molar-refractivity contribution in [3.63, 3.8) is 0 Å². The number of rotatable bonds is 7. The Bertz CT molecular complexity index is 734. The molecule has 2 rings (SSSR count). The third-order valence-corrected chi connectivity index (χ3v) is 4.01. The Balaban J connectivity index is 0.00000364. The van der Waals surface area contributed by atoms with Crippen LogP contribution in [0.15, 0.2) is 59.6 Å². The Morgan fingerprint density at radius 3 is 2.41 bits per heavy atom. The van der Waals surface area contributed by atoms with E-state index in [-0.39, 0.29) is 29.9 Å². The molecule has 0 spiro atoms. The SMILES string of the molecule is CCCNC(=O)c1cccc(CNC(=NC)N(C)Cc2ccccc2)c1.I.